The zero-order chi connectivity index (χ0) is 19.3. The van der Waals surface area contributed by atoms with Gasteiger partial charge >= 0.3 is 5.97 Å². The Balaban J connectivity index is 1.99. The molecule has 0 bridgehead atoms. The average molecular weight is 355 g/mol. The third kappa shape index (κ3) is 4.63. The van der Waals surface area contributed by atoms with Gasteiger partial charge in [-0.15, -0.1) is 0 Å². The van der Waals surface area contributed by atoms with Crippen molar-refractivity contribution >= 4 is 11.9 Å². The lowest BCUT2D eigenvalue weighted by Crippen LogP contribution is -2.31. The Hall–Kier alpha value is -2.82. The van der Waals surface area contributed by atoms with Crippen molar-refractivity contribution in [3.05, 3.63) is 64.2 Å². The molecule has 0 radical (unpaired) electrons. The summed E-state index contributed by atoms with van der Waals surface area (Å²) in [5.41, 5.74) is 4.20. The van der Waals surface area contributed by atoms with Crippen LogP contribution in [-0.2, 0) is 16.1 Å². The zero-order valence-electron chi connectivity index (χ0n) is 16.0. The number of carbonyl (C=O) groups excluding carboxylic acids is 2. The van der Waals surface area contributed by atoms with Gasteiger partial charge in [-0.3, -0.25) is 4.79 Å². The van der Waals surface area contributed by atoms with Crippen LogP contribution in [0.3, 0.4) is 0 Å². The van der Waals surface area contributed by atoms with Crippen LogP contribution in [0.4, 0.5) is 0 Å². The smallest absolute Gasteiger partial charge is 0.339 e. The molecule has 0 aliphatic rings. The van der Waals surface area contributed by atoms with E-state index in [1.54, 1.807) is 14.2 Å². The van der Waals surface area contributed by atoms with Crippen molar-refractivity contribution < 1.29 is 19.1 Å². The Morgan fingerprint density at radius 1 is 1.04 bits per heavy atom. The Kier molecular flexibility index (Phi) is 6.39. The van der Waals surface area contributed by atoms with E-state index >= 15 is 0 Å². The number of esters is 1. The molecule has 1 amide bonds. The molecule has 0 saturated heterocycles. The summed E-state index contributed by atoms with van der Waals surface area (Å²) in [7, 11) is 3.26. The third-order valence-electron chi connectivity index (χ3n) is 4.23. The van der Waals surface area contributed by atoms with Gasteiger partial charge in [0.05, 0.1) is 12.7 Å². The summed E-state index contributed by atoms with van der Waals surface area (Å²) in [4.78, 5) is 26.2. The zero-order valence-corrected chi connectivity index (χ0v) is 16.0. The lowest BCUT2D eigenvalue weighted by atomic mass is 10.00. The van der Waals surface area contributed by atoms with Crippen LogP contribution in [0.1, 0.15) is 32.6 Å². The van der Waals surface area contributed by atoms with Crippen LogP contribution in [0, 0.1) is 20.8 Å². The van der Waals surface area contributed by atoms with Crippen molar-refractivity contribution in [2.24, 2.45) is 0 Å². The molecule has 0 heterocycles. The third-order valence-corrected chi connectivity index (χ3v) is 4.23. The maximum atomic E-state index is 12.4. The van der Waals surface area contributed by atoms with Gasteiger partial charge in [0.2, 0.25) is 0 Å². The minimum absolute atomic E-state index is 0.272. The molecule has 0 aliphatic heterocycles. The van der Waals surface area contributed by atoms with Gasteiger partial charge < -0.3 is 14.4 Å². The minimum Gasteiger partial charge on any atom is -0.496 e. The van der Waals surface area contributed by atoms with Gasteiger partial charge in [-0.05, 0) is 38.0 Å². The first-order valence-corrected chi connectivity index (χ1v) is 8.44. The monoisotopic (exact) mass is 355 g/mol. The van der Waals surface area contributed by atoms with Gasteiger partial charge in [-0.25, -0.2) is 4.79 Å². The molecule has 0 aromatic heterocycles. The number of aryl methyl sites for hydroxylation is 3. The topological polar surface area (TPSA) is 55.8 Å². The average Bonchev–Trinajstić information content (AvgIpc) is 2.59. The van der Waals surface area contributed by atoms with E-state index in [0.29, 0.717) is 12.1 Å². The molecule has 26 heavy (non-hydrogen) atoms. The van der Waals surface area contributed by atoms with Crippen molar-refractivity contribution in [1.82, 2.24) is 4.90 Å². The highest BCUT2D eigenvalue weighted by molar-refractivity contribution is 5.94. The van der Waals surface area contributed by atoms with Gasteiger partial charge in [-0.1, -0.05) is 35.9 Å². The number of methoxy groups -OCH3 is 1. The lowest BCUT2D eigenvalue weighted by molar-refractivity contribution is -0.133. The first kappa shape index (κ1) is 19.5. The van der Waals surface area contributed by atoms with Gasteiger partial charge in [0.25, 0.3) is 5.91 Å². The second kappa shape index (κ2) is 8.52. The Bertz CT molecular complexity index is 790. The van der Waals surface area contributed by atoms with Gasteiger partial charge in [0.1, 0.15) is 5.75 Å². The largest absolute Gasteiger partial charge is 0.496 e. The number of benzene rings is 2. The van der Waals surface area contributed by atoms with Gasteiger partial charge in [-0.2, -0.15) is 0 Å². The molecule has 0 unspecified atom stereocenters. The van der Waals surface area contributed by atoms with Crippen LogP contribution in [0.2, 0.25) is 0 Å². The second-order valence-electron chi connectivity index (χ2n) is 6.41. The van der Waals surface area contributed by atoms with Crippen molar-refractivity contribution in [1.29, 1.82) is 0 Å². The van der Waals surface area contributed by atoms with Crippen LogP contribution in [-0.4, -0.2) is 37.5 Å². The summed E-state index contributed by atoms with van der Waals surface area (Å²) in [5, 5.41) is 0. The number of nitrogens with zero attached hydrogens (tertiary/aromatic N) is 1. The van der Waals surface area contributed by atoms with Crippen LogP contribution in [0.5, 0.6) is 5.75 Å². The quantitative estimate of drug-likeness (QED) is 0.745. The fourth-order valence-electron chi connectivity index (χ4n) is 2.99. The molecule has 0 spiro atoms. The van der Waals surface area contributed by atoms with Crippen molar-refractivity contribution in [2.45, 2.75) is 27.3 Å². The fourth-order valence-corrected chi connectivity index (χ4v) is 2.99. The fraction of sp³-hybridized carbons (Fsp3) is 0.333. The Labute approximate surface area is 154 Å². The molecule has 0 aliphatic carbocycles. The van der Waals surface area contributed by atoms with Crippen LogP contribution in [0.15, 0.2) is 36.4 Å². The molecule has 5 nitrogen and oxygen atoms in total. The number of ether oxygens (including phenoxy) is 2. The number of hydrogen-bond donors (Lipinski definition) is 0. The predicted molar refractivity (Wildman–Crippen MR) is 100 cm³/mol. The number of para-hydroxylation sites is 1. The first-order chi connectivity index (χ1) is 12.3. The highest BCUT2D eigenvalue weighted by atomic mass is 16.5. The van der Waals surface area contributed by atoms with E-state index < -0.39 is 5.97 Å². The highest BCUT2D eigenvalue weighted by Gasteiger charge is 2.18. The van der Waals surface area contributed by atoms with Crippen LogP contribution >= 0.6 is 0 Å². The molecule has 0 saturated carbocycles. The van der Waals surface area contributed by atoms with E-state index in [2.05, 4.69) is 0 Å². The number of carbonyl (C=O) groups is 2. The van der Waals surface area contributed by atoms with Crippen molar-refractivity contribution in [3.8, 4) is 5.75 Å². The maximum absolute atomic E-state index is 12.4. The predicted octanol–water partition coefficient (Wildman–Crippen LogP) is 3.44. The summed E-state index contributed by atoms with van der Waals surface area (Å²) in [6, 6.07) is 11.4. The van der Waals surface area contributed by atoms with E-state index in [-0.39, 0.29) is 12.5 Å². The summed E-state index contributed by atoms with van der Waals surface area (Å²) in [5.74, 6) is -0.0271. The second-order valence-corrected chi connectivity index (χ2v) is 6.41. The molecule has 138 valence electrons. The van der Waals surface area contributed by atoms with E-state index in [4.69, 9.17) is 9.47 Å². The van der Waals surface area contributed by atoms with E-state index in [0.717, 1.165) is 28.0 Å². The van der Waals surface area contributed by atoms with E-state index in [1.807, 2.05) is 57.2 Å². The number of likely N-dealkylation sites (N-methyl/N-ethyl adjacent to an activating group) is 1. The molecule has 0 atom stereocenters. The Morgan fingerprint density at radius 3 is 2.27 bits per heavy atom. The molecular formula is C21H25NO4. The first-order valence-electron chi connectivity index (χ1n) is 8.44. The van der Waals surface area contributed by atoms with Crippen LogP contribution in [0.25, 0.3) is 0 Å². The molecule has 5 heteroatoms. The standard InChI is InChI=1S/C21H25NO4/c1-14-10-15(2)20(16(3)11-14)21(24)26-13-19(23)22(4)12-17-8-6-7-9-18(17)25-5/h6-11H,12-13H2,1-5H3. The molecule has 2 aromatic rings. The van der Waals surface area contributed by atoms with Crippen molar-refractivity contribution in [3.63, 3.8) is 0 Å². The number of amides is 1. The normalized spacial score (nSPS) is 10.3. The summed E-state index contributed by atoms with van der Waals surface area (Å²) >= 11 is 0. The Morgan fingerprint density at radius 2 is 1.65 bits per heavy atom. The van der Waals surface area contributed by atoms with Gasteiger partial charge in [0, 0.05) is 19.2 Å². The SMILES string of the molecule is COc1ccccc1CN(C)C(=O)COC(=O)c1c(C)cc(C)cc1C. The van der Waals surface area contributed by atoms with E-state index in [9.17, 15) is 9.59 Å². The van der Waals surface area contributed by atoms with Crippen molar-refractivity contribution in [2.75, 3.05) is 20.8 Å². The maximum Gasteiger partial charge on any atom is 0.339 e. The van der Waals surface area contributed by atoms with E-state index in [1.165, 1.54) is 4.90 Å². The summed E-state index contributed by atoms with van der Waals surface area (Å²) < 4.78 is 10.5. The summed E-state index contributed by atoms with van der Waals surface area (Å²) in [6.07, 6.45) is 0. The summed E-state index contributed by atoms with van der Waals surface area (Å²) in [6.45, 7) is 5.80. The minimum atomic E-state index is -0.473. The lowest BCUT2D eigenvalue weighted by Gasteiger charge is -2.19. The molecule has 2 rings (SSSR count). The molecule has 0 fully saturated rings. The number of hydrogen-bond acceptors (Lipinski definition) is 4. The van der Waals surface area contributed by atoms with Gasteiger partial charge in [0.15, 0.2) is 6.61 Å². The van der Waals surface area contributed by atoms with Crippen LogP contribution < -0.4 is 4.74 Å². The molecule has 2 aromatic carbocycles. The highest BCUT2D eigenvalue weighted by Crippen LogP contribution is 2.19. The molecular weight excluding hydrogens is 330 g/mol. The molecule has 0 N–H and O–H groups in total. The number of rotatable bonds is 6.